The Bertz CT molecular complexity index is 617. The summed E-state index contributed by atoms with van der Waals surface area (Å²) in [6, 6.07) is 14.8. The van der Waals surface area contributed by atoms with E-state index in [-0.39, 0.29) is 10.6 Å². The van der Waals surface area contributed by atoms with Gasteiger partial charge in [0.1, 0.15) is 0 Å². The Balaban J connectivity index is 1.97. The molecule has 1 N–H and O–H groups in total. The van der Waals surface area contributed by atoms with Crippen LogP contribution in [0.4, 0.5) is 5.69 Å². The molecule has 0 bridgehead atoms. The molecule has 1 atom stereocenters. The predicted molar refractivity (Wildman–Crippen MR) is 84.7 cm³/mol. The molecule has 21 heavy (non-hydrogen) atoms. The van der Waals surface area contributed by atoms with Gasteiger partial charge in [-0.25, -0.2) is 0 Å². The lowest BCUT2D eigenvalue weighted by Crippen LogP contribution is -2.20. The van der Waals surface area contributed by atoms with Gasteiger partial charge in [0.2, 0.25) is 0 Å². The summed E-state index contributed by atoms with van der Waals surface area (Å²) in [7, 11) is 0. The highest BCUT2D eigenvalue weighted by molar-refractivity contribution is 6.30. The van der Waals surface area contributed by atoms with Crippen LogP contribution in [-0.4, -0.2) is 11.5 Å². The average molecular weight is 305 g/mol. The molecule has 0 amide bonds. The summed E-state index contributed by atoms with van der Waals surface area (Å²) in [6.45, 7) is 3.29. The van der Waals surface area contributed by atoms with Gasteiger partial charge in [0.15, 0.2) is 0 Å². The maximum Gasteiger partial charge on any atom is 0.273 e. The van der Waals surface area contributed by atoms with E-state index in [9.17, 15) is 10.1 Å². The first-order valence-corrected chi connectivity index (χ1v) is 7.14. The van der Waals surface area contributed by atoms with Gasteiger partial charge in [-0.3, -0.25) is 10.1 Å². The Kier molecular flexibility index (Phi) is 5.31. The molecule has 110 valence electrons. The van der Waals surface area contributed by atoms with Crippen LogP contribution in [0.5, 0.6) is 0 Å². The summed E-state index contributed by atoms with van der Waals surface area (Å²) >= 11 is 5.91. The molecule has 4 nitrogen and oxygen atoms in total. The quantitative estimate of drug-likeness (QED) is 0.644. The Hall–Kier alpha value is -1.91. The average Bonchev–Trinajstić information content (AvgIpc) is 2.48. The van der Waals surface area contributed by atoms with Crippen molar-refractivity contribution in [1.82, 2.24) is 5.32 Å². The van der Waals surface area contributed by atoms with E-state index >= 15 is 0 Å². The van der Waals surface area contributed by atoms with Gasteiger partial charge in [-0.1, -0.05) is 48.9 Å². The lowest BCUT2D eigenvalue weighted by atomic mass is 10.0. The lowest BCUT2D eigenvalue weighted by molar-refractivity contribution is -0.385. The van der Waals surface area contributed by atoms with Crippen molar-refractivity contribution in [3.05, 3.63) is 74.8 Å². The molecule has 2 rings (SSSR count). The molecular formula is C16H17ClN2O2. The minimum absolute atomic E-state index is 0.0965. The number of nitro groups is 1. The SMILES string of the molecule is CC(CNCc1cc(Cl)ccc1[N+](=O)[O-])c1ccccc1. The lowest BCUT2D eigenvalue weighted by Gasteiger charge is -2.13. The van der Waals surface area contributed by atoms with Gasteiger partial charge in [0.05, 0.1) is 4.92 Å². The third kappa shape index (κ3) is 4.28. The van der Waals surface area contributed by atoms with E-state index in [1.165, 1.54) is 17.7 Å². The van der Waals surface area contributed by atoms with Crippen LogP contribution in [-0.2, 0) is 6.54 Å². The fourth-order valence-electron chi connectivity index (χ4n) is 2.20. The van der Waals surface area contributed by atoms with Crippen molar-refractivity contribution in [3.63, 3.8) is 0 Å². The van der Waals surface area contributed by atoms with Crippen molar-refractivity contribution in [2.75, 3.05) is 6.54 Å². The standard InChI is InChI=1S/C16H17ClN2O2/c1-12(13-5-3-2-4-6-13)10-18-11-14-9-15(17)7-8-16(14)19(20)21/h2-9,12,18H,10-11H2,1H3. The predicted octanol–water partition coefficient (Wildman–Crippen LogP) is 4.14. The first-order valence-electron chi connectivity index (χ1n) is 6.76. The van der Waals surface area contributed by atoms with Crippen LogP contribution in [0.1, 0.15) is 24.0 Å². The molecule has 0 heterocycles. The maximum absolute atomic E-state index is 11.0. The third-order valence-electron chi connectivity index (χ3n) is 3.37. The van der Waals surface area contributed by atoms with E-state index in [0.29, 0.717) is 23.0 Å². The summed E-state index contributed by atoms with van der Waals surface area (Å²) < 4.78 is 0. The highest BCUT2D eigenvalue weighted by Crippen LogP contribution is 2.22. The van der Waals surface area contributed by atoms with Crippen LogP contribution < -0.4 is 5.32 Å². The molecule has 0 aliphatic rings. The highest BCUT2D eigenvalue weighted by Gasteiger charge is 2.14. The third-order valence-corrected chi connectivity index (χ3v) is 3.61. The van der Waals surface area contributed by atoms with Crippen LogP contribution in [0.3, 0.4) is 0 Å². The van der Waals surface area contributed by atoms with Crippen molar-refractivity contribution in [3.8, 4) is 0 Å². The monoisotopic (exact) mass is 304 g/mol. The molecule has 0 aromatic heterocycles. The molecule has 0 radical (unpaired) electrons. The normalized spacial score (nSPS) is 12.1. The van der Waals surface area contributed by atoms with Gasteiger partial charge < -0.3 is 5.32 Å². The summed E-state index contributed by atoms with van der Waals surface area (Å²) in [5, 5.41) is 14.8. The number of nitrogens with zero attached hydrogens (tertiary/aromatic N) is 1. The molecule has 0 aliphatic carbocycles. The van der Waals surface area contributed by atoms with Crippen LogP contribution in [0, 0.1) is 10.1 Å². The summed E-state index contributed by atoms with van der Waals surface area (Å²) in [5.74, 6) is 0.337. The molecule has 0 saturated carbocycles. The van der Waals surface area contributed by atoms with Crippen LogP contribution in [0.2, 0.25) is 5.02 Å². The van der Waals surface area contributed by atoms with E-state index < -0.39 is 0 Å². The summed E-state index contributed by atoms with van der Waals surface area (Å²) in [5.41, 5.74) is 1.94. The zero-order chi connectivity index (χ0) is 15.2. The van der Waals surface area contributed by atoms with Crippen molar-refractivity contribution < 1.29 is 4.92 Å². The van der Waals surface area contributed by atoms with Gasteiger partial charge in [0, 0.05) is 29.7 Å². The van der Waals surface area contributed by atoms with Gasteiger partial charge in [-0.05, 0) is 23.6 Å². The van der Waals surface area contributed by atoms with Crippen molar-refractivity contribution in [2.45, 2.75) is 19.4 Å². The summed E-state index contributed by atoms with van der Waals surface area (Å²) in [6.07, 6.45) is 0. The van der Waals surface area contributed by atoms with Crippen LogP contribution in [0.15, 0.2) is 48.5 Å². The second-order valence-electron chi connectivity index (χ2n) is 4.97. The molecule has 2 aromatic carbocycles. The van der Waals surface area contributed by atoms with Crippen molar-refractivity contribution in [2.24, 2.45) is 0 Å². The number of hydrogen-bond acceptors (Lipinski definition) is 3. The first-order chi connectivity index (χ1) is 10.1. The second-order valence-corrected chi connectivity index (χ2v) is 5.41. The van der Waals surface area contributed by atoms with E-state index in [0.717, 1.165) is 6.54 Å². The first kappa shape index (κ1) is 15.5. The van der Waals surface area contributed by atoms with Crippen molar-refractivity contribution in [1.29, 1.82) is 0 Å². The summed E-state index contributed by atoms with van der Waals surface area (Å²) in [4.78, 5) is 10.6. The topological polar surface area (TPSA) is 55.2 Å². The molecule has 5 heteroatoms. The largest absolute Gasteiger partial charge is 0.312 e. The molecule has 2 aromatic rings. The number of nitrogens with one attached hydrogen (secondary N) is 1. The molecule has 1 unspecified atom stereocenters. The number of benzene rings is 2. The van der Waals surface area contributed by atoms with E-state index in [2.05, 4.69) is 24.4 Å². The smallest absolute Gasteiger partial charge is 0.273 e. The number of nitro benzene ring substituents is 1. The van der Waals surface area contributed by atoms with Crippen LogP contribution >= 0.6 is 11.6 Å². The molecule has 0 fully saturated rings. The minimum atomic E-state index is -0.381. The molecule has 0 aliphatic heterocycles. The van der Waals surface area contributed by atoms with E-state index in [1.54, 1.807) is 6.07 Å². The Morgan fingerprint density at radius 2 is 1.95 bits per heavy atom. The molecule has 0 saturated heterocycles. The number of hydrogen-bond donors (Lipinski definition) is 1. The van der Waals surface area contributed by atoms with Gasteiger partial charge in [0.25, 0.3) is 5.69 Å². The highest BCUT2D eigenvalue weighted by atomic mass is 35.5. The zero-order valence-electron chi connectivity index (χ0n) is 11.8. The van der Waals surface area contributed by atoms with Gasteiger partial charge in [-0.15, -0.1) is 0 Å². The van der Waals surface area contributed by atoms with Crippen LogP contribution in [0.25, 0.3) is 0 Å². The molecule has 0 spiro atoms. The Morgan fingerprint density at radius 1 is 1.24 bits per heavy atom. The Labute approximate surface area is 128 Å². The molecular weight excluding hydrogens is 288 g/mol. The maximum atomic E-state index is 11.0. The fraction of sp³-hybridized carbons (Fsp3) is 0.250. The number of halogens is 1. The van der Waals surface area contributed by atoms with E-state index in [1.807, 2.05) is 18.2 Å². The second kappa shape index (κ2) is 7.20. The van der Waals surface area contributed by atoms with E-state index in [4.69, 9.17) is 11.6 Å². The van der Waals surface area contributed by atoms with Gasteiger partial charge >= 0.3 is 0 Å². The van der Waals surface area contributed by atoms with Crippen molar-refractivity contribution >= 4 is 17.3 Å². The van der Waals surface area contributed by atoms with Gasteiger partial charge in [-0.2, -0.15) is 0 Å². The minimum Gasteiger partial charge on any atom is -0.312 e. The Morgan fingerprint density at radius 3 is 2.62 bits per heavy atom. The zero-order valence-corrected chi connectivity index (χ0v) is 12.5. The fourth-order valence-corrected chi connectivity index (χ4v) is 2.39. The number of rotatable bonds is 6.